The molecule has 0 heterocycles. The van der Waals surface area contributed by atoms with Crippen molar-refractivity contribution >= 4 is 21.6 Å². The molecule has 0 unspecified atom stereocenters. The smallest absolute Gasteiger partial charge is 0.241 e. The predicted octanol–water partition coefficient (Wildman–Crippen LogP) is 2.35. The number of anilines is 1. The van der Waals surface area contributed by atoms with Crippen LogP contribution in [-0.4, -0.2) is 41.3 Å². The van der Waals surface area contributed by atoms with E-state index in [9.17, 15) is 13.2 Å². The molecule has 1 atom stereocenters. The van der Waals surface area contributed by atoms with Crippen molar-refractivity contribution in [2.75, 3.05) is 31.3 Å². The van der Waals surface area contributed by atoms with Gasteiger partial charge in [-0.1, -0.05) is 12.1 Å². The van der Waals surface area contributed by atoms with Crippen LogP contribution in [-0.2, 0) is 14.8 Å². The Kier molecular flexibility index (Phi) is 6.68. The molecule has 1 N–H and O–H groups in total. The highest BCUT2D eigenvalue weighted by molar-refractivity contribution is 7.92. The third-order valence-electron chi connectivity index (χ3n) is 4.04. The molecule has 27 heavy (non-hydrogen) atoms. The Labute approximate surface area is 160 Å². The van der Waals surface area contributed by atoms with Crippen LogP contribution in [0.25, 0.3) is 0 Å². The first kappa shape index (κ1) is 20.6. The molecule has 0 aromatic heterocycles. The zero-order valence-corrected chi connectivity index (χ0v) is 16.6. The Morgan fingerprint density at radius 2 is 1.48 bits per heavy atom. The van der Waals surface area contributed by atoms with Gasteiger partial charge in [-0.15, -0.1) is 0 Å². The van der Waals surface area contributed by atoms with Crippen molar-refractivity contribution in [2.45, 2.75) is 13.0 Å². The number of carbonyl (C=O) groups excluding carboxylic acids is 1. The number of hydrogen-bond acceptors (Lipinski definition) is 5. The third-order valence-corrected chi connectivity index (χ3v) is 5.18. The van der Waals surface area contributed by atoms with Crippen molar-refractivity contribution in [1.82, 2.24) is 5.32 Å². The summed E-state index contributed by atoms with van der Waals surface area (Å²) in [6, 6.07) is 13.5. The van der Waals surface area contributed by atoms with Gasteiger partial charge in [0.15, 0.2) is 0 Å². The van der Waals surface area contributed by atoms with E-state index in [1.54, 1.807) is 43.5 Å². The molecule has 0 aliphatic heterocycles. The number of amides is 1. The summed E-state index contributed by atoms with van der Waals surface area (Å²) in [6.45, 7) is 1.52. The zero-order valence-electron chi connectivity index (χ0n) is 15.8. The molecule has 0 fully saturated rings. The van der Waals surface area contributed by atoms with Gasteiger partial charge in [0, 0.05) is 0 Å². The molecule has 1 amide bonds. The first-order valence-corrected chi connectivity index (χ1v) is 10.1. The van der Waals surface area contributed by atoms with E-state index in [0.29, 0.717) is 11.4 Å². The number of carbonyl (C=O) groups is 1. The predicted molar refractivity (Wildman–Crippen MR) is 105 cm³/mol. The van der Waals surface area contributed by atoms with Crippen molar-refractivity contribution in [3.05, 3.63) is 54.1 Å². The van der Waals surface area contributed by atoms with Crippen molar-refractivity contribution < 1.29 is 22.7 Å². The quantitative estimate of drug-likeness (QED) is 0.745. The fraction of sp³-hybridized carbons (Fsp3) is 0.316. The number of sulfonamides is 1. The van der Waals surface area contributed by atoms with Gasteiger partial charge in [-0.25, -0.2) is 8.42 Å². The minimum Gasteiger partial charge on any atom is -0.497 e. The van der Waals surface area contributed by atoms with Gasteiger partial charge in [0.25, 0.3) is 0 Å². The molecule has 146 valence electrons. The summed E-state index contributed by atoms with van der Waals surface area (Å²) in [5, 5.41) is 2.82. The van der Waals surface area contributed by atoms with E-state index in [0.717, 1.165) is 21.9 Å². The standard InChI is InChI=1S/C19H24N2O5S/c1-14(15-5-9-17(25-2)10-6-15)20-19(22)13-21(27(4,23)24)16-7-11-18(26-3)12-8-16/h5-12,14H,13H2,1-4H3,(H,20,22)/t14-/m1/s1. The second-order valence-electron chi connectivity index (χ2n) is 6.03. The summed E-state index contributed by atoms with van der Waals surface area (Å²) in [4.78, 5) is 12.4. The summed E-state index contributed by atoms with van der Waals surface area (Å²) in [5.41, 5.74) is 1.28. The second-order valence-corrected chi connectivity index (χ2v) is 7.94. The van der Waals surface area contributed by atoms with E-state index in [4.69, 9.17) is 9.47 Å². The monoisotopic (exact) mass is 392 g/mol. The fourth-order valence-electron chi connectivity index (χ4n) is 2.54. The number of rotatable bonds is 8. The van der Waals surface area contributed by atoms with Gasteiger partial charge >= 0.3 is 0 Å². The molecule has 2 rings (SSSR count). The van der Waals surface area contributed by atoms with Gasteiger partial charge in [0.1, 0.15) is 18.0 Å². The maximum atomic E-state index is 12.4. The molecule has 0 spiro atoms. The Bertz CT molecular complexity index is 864. The van der Waals surface area contributed by atoms with Gasteiger partial charge in [0.05, 0.1) is 32.2 Å². The Morgan fingerprint density at radius 3 is 1.93 bits per heavy atom. The van der Waals surface area contributed by atoms with E-state index in [1.165, 1.54) is 7.11 Å². The average molecular weight is 392 g/mol. The number of ether oxygens (including phenoxy) is 2. The lowest BCUT2D eigenvalue weighted by molar-refractivity contribution is -0.120. The Balaban J connectivity index is 2.10. The topological polar surface area (TPSA) is 84.9 Å². The van der Waals surface area contributed by atoms with Crippen molar-refractivity contribution in [3.8, 4) is 11.5 Å². The first-order chi connectivity index (χ1) is 12.7. The van der Waals surface area contributed by atoms with E-state index >= 15 is 0 Å². The van der Waals surface area contributed by atoms with Crippen LogP contribution in [0, 0.1) is 0 Å². The van der Waals surface area contributed by atoms with Gasteiger partial charge < -0.3 is 14.8 Å². The third kappa shape index (κ3) is 5.62. The zero-order chi connectivity index (χ0) is 20.0. The van der Waals surface area contributed by atoms with Gasteiger partial charge in [-0.05, 0) is 48.9 Å². The molecule has 2 aromatic carbocycles. The number of hydrogen-bond donors (Lipinski definition) is 1. The number of benzene rings is 2. The minimum absolute atomic E-state index is 0.277. The Hall–Kier alpha value is -2.74. The van der Waals surface area contributed by atoms with Gasteiger partial charge in [-0.2, -0.15) is 0 Å². The van der Waals surface area contributed by atoms with Gasteiger partial charge in [0.2, 0.25) is 15.9 Å². The SMILES string of the molecule is COc1ccc([C@@H](C)NC(=O)CN(c2ccc(OC)cc2)S(C)(=O)=O)cc1. The molecule has 0 radical (unpaired) electrons. The van der Waals surface area contributed by atoms with E-state index in [1.807, 2.05) is 19.1 Å². The van der Waals surface area contributed by atoms with E-state index in [-0.39, 0.29) is 12.6 Å². The average Bonchev–Trinajstić information content (AvgIpc) is 2.65. The molecule has 0 aliphatic rings. The van der Waals surface area contributed by atoms with E-state index < -0.39 is 15.9 Å². The molecule has 8 heteroatoms. The highest BCUT2D eigenvalue weighted by Gasteiger charge is 2.22. The van der Waals surface area contributed by atoms with Crippen LogP contribution < -0.4 is 19.1 Å². The maximum absolute atomic E-state index is 12.4. The fourth-order valence-corrected chi connectivity index (χ4v) is 3.40. The van der Waals surface area contributed by atoms with E-state index in [2.05, 4.69) is 5.32 Å². The normalized spacial score (nSPS) is 12.1. The number of methoxy groups -OCH3 is 2. The van der Waals surface area contributed by atoms with Crippen molar-refractivity contribution in [1.29, 1.82) is 0 Å². The second kappa shape index (κ2) is 8.77. The molecule has 2 aromatic rings. The molecule has 0 saturated carbocycles. The lowest BCUT2D eigenvalue weighted by atomic mass is 10.1. The van der Waals surface area contributed by atoms with Crippen LogP contribution in [0.15, 0.2) is 48.5 Å². The molecule has 0 aliphatic carbocycles. The molecule has 0 saturated heterocycles. The molecular weight excluding hydrogens is 368 g/mol. The van der Waals surface area contributed by atoms with Crippen LogP contribution in [0.4, 0.5) is 5.69 Å². The van der Waals surface area contributed by atoms with Crippen LogP contribution >= 0.6 is 0 Å². The highest BCUT2D eigenvalue weighted by atomic mass is 32.2. The minimum atomic E-state index is -3.63. The molecule has 0 bridgehead atoms. The molecular formula is C19H24N2O5S. The lowest BCUT2D eigenvalue weighted by Crippen LogP contribution is -2.41. The summed E-state index contributed by atoms with van der Waals surface area (Å²) in [5.74, 6) is 0.921. The summed E-state index contributed by atoms with van der Waals surface area (Å²) < 4.78 is 35.5. The summed E-state index contributed by atoms with van der Waals surface area (Å²) in [7, 11) is -0.519. The molecule has 7 nitrogen and oxygen atoms in total. The number of nitrogens with zero attached hydrogens (tertiary/aromatic N) is 1. The summed E-state index contributed by atoms with van der Waals surface area (Å²) in [6.07, 6.45) is 1.07. The lowest BCUT2D eigenvalue weighted by Gasteiger charge is -2.23. The highest BCUT2D eigenvalue weighted by Crippen LogP contribution is 2.22. The maximum Gasteiger partial charge on any atom is 0.241 e. The van der Waals surface area contributed by atoms with Crippen LogP contribution in [0.5, 0.6) is 11.5 Å². The summed E-state index contributed by atoms with van der Waals surface area (Å²) >= 11 is 0. The van der Waals surface area contributed by atoms with Crippen LogP contribution in [0.3, 0.4) is 0 Å². The van der Waals surface area contributed by atoms with Crippen molar-refractivity contribution in [3.63, 3.8) is 0 Å². The largest absolute Gasteiger partial charge is 0.497 e. The first-order valence-electron chi connectivity index (χ1n) is 8.29. The van der Waals surface area contributed by atoms with Crippen LogP contribution in [0.2, 0.25) is 0 Å². The van der Waals surface area contributed by atoms with Gasteiger partial charge in [-0.3, -0.25) is 9.10 Å². The Morgan fingerprint density at radius 1 is 1.00 bits per heavy atom. The number of nitrogens with one attached hydrogen (secondary N) is 1. The van der Waals surface area contributed by atoms with Crippen molar-refractivity contribution in [2.24, 2.45) is 0 Å². The van der Waals surface area contributed by atoms with Crippen LogP contribution in [0.1, 0.15) is 18.5 Å².